The van der Waals surface area contributed by atoms with E-state index in [4.69, 9.17) is 21.1 Å². The molecule has 0 amide bonds. The minimum atomic E-state index is -0.592. The molecule has 2 aromatic rings. The molecule has 0 bridgehead atoms. The van der Waals surface area contributed by atoms with Gasteiger partial charge in [0.25, 0.3) is 0 Å². The van der Waals surface area contributed by atoms with Crippen LogP contribution in [0.2, 0.25) is 5.02 Å². The molecule has 2 rings (SSSR count). The van der Waals surface area contributed by atoms with Crippen LogP contribution in [0.25, 0.3) is 0 Å². The summed E-state index contributed by atoms with van der Waals surface area (Å²) in [5, 5.41) is 4.54. The number of carbonyl (C=O) groups is 1. The minimum Gasteiger partial charge on any atom is -0.497 e. The van der Waals surface area contributed by atoms with E-state index in [1.54, 1.807) is 49.6 Å². The van der Waals surface area contributed by atoms with Gasteiger partial charge in [-0.25, -0.2) is 4.79 Å². The van der Waals surface area contributed by atoms with Gasteiger partial charge in [-0.1, -0.05) is 27.5 Å². The lowest BCUT2D eigenvalue weighted by Gasteiger charge is -2.09. The van der Waals surface area contributed by atoms with Crippen LogP contribution in [0, 0.1) is 0 Å². The van der Waals surface area contributed by atoms with E-state index in [-0.39, 0.29) is 5.71 Å². The maximum absolute atomic E-state index is 12.0. The first kappa shape index (κ1) is 17.3. The Morgan fingerprint density at radius 3 is 2.48 bits per heavy atom. The Hall–Kier alpha value is -2.05. The normalized spacial score (nSPS) is 11.0. The van der Waals surface area contributed by atoms with Gasteiger partial charge in [-0.05, 0) is 42.5 Å². The zero-order valence-corrected chi connectivity index (χ0v) is 14.8. The zero-order valence-electron chi connectivity index (χ0n) is 12.5. The SMILES string of the molecule is COC(=O)/C(=N\Nc1ccc(OC)cc1)c1cc(Br)ccc1Cl. The number of nitrogens with zero attached hydrogens (tertiary/aromatic N) is 1. The van der Waals surface area contributed by atoms with Crippen LogP contribution in [0.15, 0.2) is 52.0 Å². The number of esters is 1. The summed E-state index contributed by atoms with van der Waals surface area (Å²) in [6.45, 7) is 0. The number of anilines is 1. The molecule has 120 valence electrons. The van der Waals surface area contributed by atoms with Crippen molar-refractivity contribution in [3.8, 4) is 5.75 Å². The number of rotatable bonds is 5. The molecule has 0 aliphatic carbocycles. The summed E-state index contributed by atoms with van der Waals surface area (Å²) in [4.78, 5) is 12.0. The van der Waals surface area contributed by atoms with Gasteiger partial charge in [-0.2, -0.15) is 5.10 Å². The standard InChI is InChI=1S/C16H14BrClN2O3/c1-22-12-6-4-11(5-7-12)19-20-15(16(21)23-2)13-9-10(17)3-8-14(13)18/h3-9,19H,1-2H3/b20-15-. The quantitative estimate of drug-likeness (QED) is 0.469. The van der Waals surface area contributed by atoms with Gasteiger partial charge in [0.15, 0.2) is 5.71 Å². The second kappa shape index (κ2) is 7.99. The maximum Gasteiger partial charge on any atom is 0.359 e. The highest BCUT2D eigenvalue weighted by Crippen LogP contribution is 2.23. The van der Waals surface area contributed by atoms with Crippen LogP contribution >= 0.6 is 27.5 Å². The third kappa shape index (κ3) is 4.46. The average Bonchev–Trinajstić information content (AvgIpc) is 2.58. The molecule has 0 saturated carbocycles. The van der Waals surface area contributed by atoms with Gasteiger partial charge in [0.2, 0.25) is 0 Å². The number of carbonyl (C=O) groups excluding carboxylic acids is 1. The molecular weight excluding hydrogens is 384 g/mol. The Bertz CT molecular complexity index is 733. The lowest BCUT2D eigenvalue weighted by molar-refractivity contribution is -0.132. The highest BCUT2D eigenvalue weighted by Gasteiger charge is 2.18. The molecule has 0 aromatic heterocycles. The van der Waals surface area contributed by atoms with Gasteiger partial charge in [0.05, 0.1) is 24.9 Å². The van der Waals surface area contributed by atoms with Gasteiger partial charge in [-0.3, -0.25) is 5.43 Å². The van der Waals surface area contributed by atoms with Crippen molar-refractivity contribution in [1.29, 1.82) is 0 Å². The largest absolute Gasteiger partial charge is 0.497 e. The average molecular weight is 398 g/mol. The number of ether oxygens (including phenoxy) is 2. The van der Waals surface area contributed by atoms with Crippen molar-refractivity contribution < 1.29 is 14.3 Å². The molecule has 7 heteroatoms. The summed E-state index contributed by atoms with van der Waals surface area (Å²) in [6.07, 6.45) is 0. The Balaban J connectivity index is 2.34. The molecule has 1 N–H and O–H groups in total. The molecule has 23 heavy (non-hydrogen) atoms. The second-order valence-electron chi connectivity index (χ2n) is 4.42. The van der Waals surface area contributed by atoms with E-state index in [1.165, 1.54) is 7.11 Å². The van der Waals surface area contributed by atoms with E-state index in [2.05, 4.69) is 26.5 Å². The molecular formula is C16H14BrClN2O3. The van der Waals surface area contributed by atoms with E-state index < -0.39 is 5.97 Å². The molecule has 0 spiro atoms. The van der Waals surface area contributed by atoms with Crippen molar-refractivity contribution in [2.24, 2.45) is 5.10 Å². The Morgan fingerprint density at radius 1 is 1.17 bits per heavy atom. The van der Waals surface area contributed by atoms with Crippen LogP contribution in [0.4, 0.5) is 5.69 Å². The summed E-state index contributed by atoms with van der Waals surface area (Å²) in [5.74, 6) is 0.133. The number of benzene rings is 2. The fourth-order valence-corrected chi connectivity index (χ4v) is 2.35. The fourth-order valence-electron chi connectivity index (χ4n) is 1.78. The van der Waals surface area contributed by atoms with E-state index in [0.717, 1.165) is 10.2 Å². The zero-order chi connectivity index (χ0) is 16.8. The summed E-state index contributed by atoms with van der Waals surface area (Å²) in [6, 6.07) is 12.3. The van der Waals surface area contributed by atoms with Crippen LogP contribution in [0.1, 0.15) is 5.56 Å². The molecule has 0 aliphatic rings. The first-order chi connectivity index (χ1) is 11.0. The molecule has 5 nitrogen and oxygen atoms in total. The van der Waals surface area contributed by atoms with E-state index in [0.29, 0.717) is 16.3 Å². The highest BCUT2D eigenvalue weighted by atomic mass is 79.9. The van der Waals surface area contributed by atoms with Crippen molar-refractivity contribution in [3.63, 3.8) is 0 Å². The summed E-state index contributed by atoms with van der Waals surface area (Å²) in [5.41, 5.74) is 4.05. The van der Waals surface area contributed by atoms with Crippen LogP contribution in [0.5, 0.6) is 5.75 Å². The third-order valence-corrected chi connectivity index (χ3v) is 3.77. The van der Waals surface area contributed by atoms with Crippen molar-refractivity contribution >= 4 is 44.9 Å². The van der Waals surface area contributed by atoms with E-state index in [9.17, 15) is 4.79 Å². The van der Waals surface area contributed by atoms with Crippen molar-refractivity contribution in [2.45, 2.75) is 0 Å². The third-order valence-electron chi connectivity index (χ3n) is 2.95. The van der Waals surface area contributed by atoms with E-state index >= 15 is 0 Å². The monoisotopic (exact) mass is 396 g/mol. The van der Waals surface area contributed by atoms with Gasteiger partial charge in [0.1, 0.15) is 5.75 Å². The summed E-state index contributed by atoms with van der Waals surface area (Å²) >= 11 is 9.51. The molecule has 0 radical (unpaired) electrons. The number of nitrogens with one attached hydrogen (secondary N) is 1. The minimum absolute atomic E-state index is 0.0784. The maximum atomic E-state index is 12.0. The van der Waals surface area contributed by atoms with E-state index in [1.807, 2.05) is 0 Å². The van der Waals surface area contributed by atoms with Gasteiger partial charge < -0.3 is 9.47 Å². The molecule has 0 heterocycles. The number of methoxy groups -OCH3 is 2. The van der Waals surface area contributed by atoms with Gasteiger partial charge in [-0.15, -0.1) is 0 Å². The van der Waals surface area contributed by atoms with Crippen LogP contribution < -0.4 is 10.2 Å². The molecule has 0 aliphatic heterocycles. The molecule has 2 aromatic carbocycles. The Labute approximate surface area is 147 Å². The van der Waals surface area contributed by atoms with Crippen molar-refractivity contribution in [2.75, 3.05) is 19.6 Å². The predicted molar refractivity (Wildman–Crippen MR) is 94.3 cm³/mol. The van der Waals surface area contributed by atoms with Crippen molar-refractivity contribution in [3.05, 3.63) is 57.5 Å². The molecule has 0 atom stereocenters. The number of hydrogen-bond donors (Lipinski definition) is 1. The van der Waals surface area contributed by atoms with Gasteiger partial charge in [0, 0.05) is 10.0 Å². The summed E-state index contributed by atoms with van der Waals surface area (Å²) in [7, 11) is 2.88. The van der Waals surface area contributed by atoms with Crippen LogP contribution in [0.3, 0.4) is 0 Å². The number of hydrogen-bond acceptors (Lipinski definition) is 5. The molecule has 0 unspecified atom stereocenters. The second-order valence-corrected chi connectivity index (χ2v) is 5.74. The predicted octanol–water partition coefficient (Wildman–Crippen LogP) is 4.10. The summed E-state index contributed by atoms with van der Waals surface area (Å²) < 4.78 is 10.6. The van der Waals surface area contributed by atoms with Crippen molar-refractivity contribution in [1.82, 2.24) is 0 Å². The van der Waals surface area contributed by atoms with Crippen LogP contribution in [-0.4, -0.2) is 25.9 Å². The molecule has 0 saturated heterocycles. The first-order valence-corrected chi connectivity index (χ1v) is 7.73. The molecule has 0 fully saturated rings. The fraction of sp³-hybridized carbons (Fsp3) is 0.125. The smallest absolute Gasteiger partial charge is 0.359 e. The topological polar surface area (TPSA) is 59.9 Å². The lowest BCUT2D eigenvalue weighted by atomic mass is 10.1. The Kier molecular flexibility index (Phi) is 6.01. The van der Waals surface area contributed by atoms with Gasteiger partial charge >= 0.3 is 5.97 Å². The van der Waals surface area contributed by atoms with Crippen LogP contribution in [-0.2, 0) is 9.53 Å². The number of hydrazone groups is 1. The highest BCUT2D eigenvalue weighted by molar-refractivity contribution is 9.10. The Morgan fingerprint density at radius 2 is 1.87 bits per heavy atom. The number of halogens is 2. The lowest BCUT2D eigenvalue weighted by Crippen LogP contribution is -2.19. The first-order valence-electron chi connectivity index (χ1n) is 6.56.